The zero-order chi connectivity index (χ0) is 11.4. The zero-order valence-electron chi connectivity index (χ0n) is 9.53. The molecule has 2 rings (SSSR count). The van der Waals surface area contributed by atoms with Gasteiger partial charge in [-0.3, -0.25) is 4.79 Å². The van der Waals surface area contributed by atoms with Crippen molar-refractivity contribution in [3.63, 3.8) is 0 Å². The first-order chi connectivity index (χ1) is 7.81. The molecule has 0 saturated carbocycles. The van der Waals surface area contributed by atoms with Gasteiger partial charge in [0.25, 0.3) is 0 Å². The normalized spacial score (nSPS) is 18.9. The molecule has 0 aliphatic carbocycles. The van der Waals surface area contributed by atoms with E-state index in [0.29, 0.717) is 6.61 Å². The molecule has 0 spiro atoms. The molecule has 0 radical (unpaired) electrons. The van der Waals surface area contributed by atoms with Crippen molar-refractivity contribution in [3.05, 3.63) is 35.4 Å². The van der Waals surface area contributed by atoms with Crippen molar-refractivity contribution < 1.29 is 9.53 Å². The van der Waals surface area contributed by atoms with Crippen molar-refractivity contribution in [1.82, 2.24) is 5.32 Å². The van der Waals surface area contributed by atoms with Crippen molar-refractivity contribution in [2.45, 2.75) is 32.4 Å². The Balaban J connectivity index is 1.99. The first-order valence-corrected chi connectivity index (χ1v) is 5.78. The molecule has 1 aliphatic rings. The molecule has 1 atom stereocenters. The lowest BCUT2D eigenvalue weighted by Gasteiger charge is -2.24. The van der Waals surface area contributed by atoms with E-state index in [1.165, 1.54) is 11.1 Å². The molecule has 0 aromatic heterocycles. The highest BCUT2D eigenvalue weighted by Crippen LogP contribution is 2.16. The molecule has 1 N–H and O–H groups in total. The molecule has 3 nitrogen and oxygen atoms in total. The van der Waals surface area contributed by atoms with E-state index < -0.39 is 0 Å². The van der Waals surface area contributed by atoms with Crippen molar-refractivity contribution >= 4 is 5.97 Å². The summed E-state index contributed by atoms with van der Waals surface area (Å²) in [5.41, 5.74) is 2.53. The van der Waals surface area contributed by atoms with E-state index in [1.54, 1.807) is 0 Å². The van der Waals surface area contributed by atoms with Gasteiger partial charge in [0.2, 0.25) is 0 Å². The van der Waals surface area contributed by atoms with Crippen LogP contribution < -0.4 is 5.32 Å². The lowest BCUT2D eigenvalue weighted by molar-refractivity contribution is -0.146. The summed E-state index contributed by atoms with van der Waals surface area (Å²) in [5.74, 6) is -0.128. The molecule has 1 aliphatic heterocycles. The minimum atomic E-state index is -0.179. The molecule has 1 heterocycles. The van der Waals surface area contributed by atoms with Gasteiger partial charge in [-0.2, -0.15) is 0 Å². The number of carbonyl (C=O) groups is 1. The van der Waals surface area contributed by atoms with E-state index in [4.69, 9.17) is 4.74 Å². The number of benzene rings is 1. The predicted molar refractivity (Wildman–Crippen MR) is 62.0 cm³/mol. The van der Waals surface area contributed by atoms with Crippen molar-refractivity contribution in [2.24, 2.45) is 0 Å². The Labute approximate surface area is 95.8 Å². The Bertz CT molecular complexity index is 376. The Morgan fingerprint density at radius 2 is 2.19 bits per heavy atom. The largest absolute Gasteiger partial charge is 0.465 e. The third-order valence-electron chi connectivity index (χ3n) is 2.81. The number of nitrogens with one attached hydrogen (secondary N) is 1. The fourth-order valence-corrected chi connectivity index (χ4v) is 1.92. The van der Waals surface area contributed by atoms with Crippen LogP contribution in [0, 0.1) is 0 Å². The fraction of sp³-hybridized carbons (Fsp3) is 0.462. The van der Waals surface area contributed by atoms with Crippen LogP contribution in [0.4, 0.5) is 0 Å². The maximum absolute atomic E-state index is 11.7. The highest BCUT2D eigenvalue weighted by atomic mass is 16.5. The summed E-state index contributed by atoms with van der Waals surface area (Å²) in [7, 11) is 0. The first kappa shape index (κ1) is 11.1. The quantitative estimate of drug-likeness (QED) is 0.786. The van der Waals surface area contributed by atoms with E-state index in [2.05, 4.69) is 17.4 Å². The third kappa shape index (κ3) is 2.42. The Kier molecular flexibility index (Phi) is 3.57. The number of ether oxygens (including phenoxy) is 1. The van der Waals surface area contributed by atoms with Crippen LogP contribution in [0.15, 0.2) is 24.3 Å². The van der Waals surface area contributed by atoms with Gasteiger partial charge in [-0.1, -0.05) is 31.2 Å². The summed E-state index contributed by atoms with van der Waals surface area (Å²) < 4.78 is 5.14. The summed E-state index contributed by atoms with van der Waals surface area (Å²) in [6.45, 7) is 3.26. The predicted octanol–water partition coefficient (Wildman–Crippen LogP) is 1.65. The lowest BCUT2D eigenvalue weighted by atomic mass is 9.96. The van der Waals surface area contributed by atoms with Crippen LogP contribution in [0.25, 0.3) is 0 Å². The van der Waals surface area contributed by atoms with Gasteiger partial charge in [0, 0.05) is 6.54 Å². The molecule has 1 unspecified atom stereocenters. The van der Waals surface area contributed by atoms with Crippen LogP contribution in [0.2, 0.25) is 0 Å². The summed E-state index contributed by atoms with van der Waals surface area (Å²) in [6.07, 6.45) is 1.60. The zero-order valence-corrected chi connectivity index (χ0v) is 9.53. The van der Waals surface area contributed by atoms with E-state index in [1.807, 2.05) is 19.1 Å². The van der Waals surface area contributed by atoms with Crippen LogP contribution in [0.3, 0.4) is 0 Å². The minimum absolute atomic E-state index is 0.128. The van der Waals surface area contributed by atoms with Crippen LogP contribution in [0.5, 0.6) is 0 Å². The van der Waals surface area contributed by atoms with Crippen LogP contribution in [-0.2, 0) is 22.5 Å². The van der Waals surface area contributed by atoms with E-state index in [0.717, 1.165) is 19.4 Å². The summed E-state index contributed by atoms with van der Waals surface area (Å²) in [4.78, 5) is 11.7. The summed E-state index contributed by atoms with van der Waals surface area (Å²) in [5, 5.41) is 3.21. The Morgan fingerprint density at radius 1 is 1.44 bits per heavy atom. The molecule has 1 aromatic carbocycles. The van der Waals surface area contributed by atoms with E-state index in [-0.39, 0.29) is 12.0 Å². The van der Waals surface area contributed by atoms with Gasteiger partial charge in [-0.15, -0.1) is 0 Å². The highest BCUT2D eigenvalue weighted by Gasteiger charge is 2.24. The highest BCUT2D eigenvalue weighted by molar-refractivity contribution is 5.76. The molecule has 0 saturated heterocycles. The van der Waals surface area contributed by atoms with Crippen molar-refractivity contribution in [3.8, 4) is 0 Å². The molecule has 3 heteroatoms. The van der Waals surface area contributed by atoms with Crippen LogP contribution in [0.1, 0.15) is 24.5 Å². The van der Waals surface area contributed by atoms with Crippen LogP contribution in [-0.4, -0.2) is 18.6 Å². The monoisotopic (exact) mass is 219 g/mol. The number of hydrogen-bond acceptors (Lipinski definition) is 3. The second-order valence-electron chi connectivity index (χ2n) is 4.07. The summed E-state index contributed by atoms with van der Waals surface area (Å²) >= 11 is 0. The Hall–Kier alpha value is -1.35. The summed E-state index contributed by atoms with van der Waals surface area (Å²) in [6, 6.07) is 8.03. The lowest BCUT2D eigenvalue weighted by Crippen LogP contribution is -2.42. The first-order valence-electron chi connectivity index (χ1n) is 5.78. The maximum atomic E-state index is 11.7. The second kappa shape index (κ2) is 5.12. The third-order valence-corrected chi connectivity index (χ3v) is 2.81. The van der Waals surface area contributed by atoms with E-state index in [9.17, 15) is 4.79 Å². The average molecular weight is 219 g/mol. The number of hydrogen-bond donors (Lipinski definition) is 1. The van der Waals surface area contributed by atoms with Gasteiger partial charge in [0.15, 0.2) is 0 Å². The van der Waals surface area contributed by atoms with Gasteiger partial charge in [-0.05, 0) is 24.0 Å². The Morgan fingerprint density at radius 3 is 2.94 bits per heavy atom. The molecule has 16 heavy (non-hydrogen) atoms. The minimum Gasteiger partial charge on any atom is -0.465 e. The number of carbonyl (C=O) groups excluding carboxylic acids is 1. The molecule has 86 valence electrons. The van der Waals surface area contributed by atoms with Crippen molar-refractivity contribution in [2.75, 3.05) is 6.61 Å². The van der Waals surface area contributed by atoms with E-state index >= 15 is 0 Å². The van der Waals surface area contributed by atoms with Gasteiger partial charge < -0.3 is 10.1 Å². The van der Waals surface area contributed by atoms with Gasteiger partial charge in [0.1, 0.15) is 6.04 Å². The molecular formula is C13H17NO2. The molecule has 1 aromatic rings. The molecule has 0 fully saturated rings. The SMILES string of the molecule is CCCOC(=O)C1Cc2ccccc2CN1. The maximum Gasteiger partial charge on any atom is 0.323 e. The van der Waals surface area contributed by atoms with Gasteiger partial charge in [-0.25, -0.2) is 0 Å². The van der Waals surface area contributed by atoms with Crippen LogP contribution >= 0.6 is 0 Å². The van der Waals surface area contributed by atoms with Gasteiger partial charge >= 0.3 is 5.97 Å². The fourth-order valence-electron chi connectivity index (χ4n) is 1.92. The molecule has 0 amide bonds. The number of rotatable bonds is 3. The number of fused-ring (bicyclic) bond motifs is 1. The second-order valence-corrected chi connectivity index (χ2v) is 4.07. The molecule has 0 bridgehead atoms. The number of esters is 1. The topological polar surface area (TPSA) is 38.3 Å². The van der Waals surface area contributed by atoms with Gasteiger partial charge in [0.05, 0.1) is 6.61 Å². The smallest absolute Gasteiger partial charge is 0.323 e. The van der Waals surface area contributed by atoms with Crippen molar-refractivity contribution in [1.29, 1.82) is 0 Å². The average Bonchev–Trinajstić information content (AvgIpc) is 2.35. The molecular weight excluding hydrogens is 202 g/mol. The standard InChI is InChI=1S/C13H17NO2/c1-2-7-16-13(15)12-8-10-5-3-4-6-11(10)9-14-12/h3-6,12,14H,2,7-9H2,1H3.